The Hall–Kier alpha value is -0.590. The molecule has 0 N–H and O–H groups in total. The van der Waals surface area contributed by atoms with Crippen LogP contribution in [0.3, 0.4) is 0 Å². The summed E-state index contributed by atoms with van der Waals surface area (Å²) >= 11 is 0. The Bertz CT molecular complexity index is 195. The van der Waals surface area contributed by atoms with Crippen molar-refractivity contribution >= 4 is 5.78 Å². The number of fused-ring (bicyclic) bond motifs is 2. The smallest absolute Gasteiger partial charge is 0.139 e. The molecular weight excluding hydrogens is 136 g/mol. The molecule has 0 heterocycles. The van der Waals surface area contributed by atoms with Crippen molar-refractivity contribution in [3.63, 3.8) is 0 Å². The molecule has 2 fully saturated rings. The Morgan fingerprint density at radius 2 is 2.36 bits per heavy atom. The van der Waals surface area contributed by atoms with E-state index in [1.165, 1.54) is 12.8 Å². The lowest BCUT2D eigenvalue weighted by Gasteiger charge is -2.18. The topological polar surface area (TPSA) is 17.1 Å². The van der Waals surface area contributed by atoms with Gasteiger partial charge in [-0.2, -0.15) is 0 Å². The molecule has 1 heteroatoms. The predicted octanol–water partition coefficient (Wildman–Crippen LogP) is 2.18. The minimum atomic E-state index is 0.353. The van der Waals surface area contributed by atoms with Crippen molar-refractivity contribution < 1.29 is 4.79 Å². The van der Waals surface area contributed by atoms with Crippen LogP contribution >= 0.6 is 0 Å². The maximum Gasteiger partial charge on any atom is 0.139 e. The summed E-state index contributed by atoms with van der Waals surface area (Å²) in [6.07, 6.45) is 6.44. The highest BCUT2D eigenvalue weighted by Gasteiger charge is 2.45. The average Bonchev–Trinajstić information content (AvgIpc) is 2.54. The summed E-state index contributed by atoms with van der Waals surface area (Å²) in [5.74, 6) is 2.03. The van der Waals surface area contributed by atoms with Crippen molar-refractivity contribution in [2.75, 3.05) is 0 Å². The highest BCUT2D eigenvalue weighted by Crippen LogP contribution is 2.47. The third kappa shape index (κ3) is 0.943. The summed E-state index contributed by atoms with van der Waals surface area (Å²) in [5, 5.41) is 0. The average molecular weight is 150 g/mol. The fraction of sp³-hybridized carbons (Fsp3) is 0.700. The SMILES string of the molecule is C=CCC1C(=O)C2CCC1C2. The molecule has 0 aromatic rings. The van der Waals surface area contributed by atoms with Gasteiger partial charge < -0.3 is 0 Å². The fourth-order valence-corrected chi connectivity index (χ4v) is 2.66. The first-order valence-corrected chi connectivity index (χ1v) is 4.47. The van der Waals surface area contributed by atoms with Crippen molar-refractivity contribution in [3.8, 4) is 0 Å². The van der Waals surface area contributed by atoms with Crippen molar-refractivity contribution in [3.05, 3.63) is 12.7 Å². The van der Waals surface area contributed by atoms with Gasteiger partial charge in [0.1, 0.15) is 5.78 Å². The molecule has 1 nitrogen and oxygen atoms in total. The van der Waals surface area contributed by atoms with Gasteiger partial charge in [-0.05, 0) is 31.6 Å². The van der Waals surface area contributed by atoms with Gasteiger partial charge in [-0.3, -0.25) is 4.79 Å². The molecule has 0 aromatic heterocycles. The number of rotatable bonds is 2. The highest BCUT2D eigenvalue weighted by molar-refractivity contribution is 5.86. The van der Waals surface area contributed by atoms with E-state index in [1.54, 1.807) is 0 Å². The molecule has 0 spiro atoms. The van der Waals surface area contributed by atoms with E-state index in [2.05, 4.69) is 6.58 Å². The number of carbonyl (C=O) groups is 1. The van der Waals surface area contributed by atoms with E-state index in [0.717, 1.165) is 12.8 Å². The van der Waals surface area contributed by atoms with Crippen LogP contribution in [0.5, 0.6) is 0 Å². The molecule has 2 aliphatic rings. The third-order valence-electron chi connectivity index (χ3n) is 3.23. The Morgan fingerprint density at radius 3 is 2.91 bits per heavy atom. The van der Waals surface area contributed by atoms with Gasteiger partial charge in [0, 0.05) is 11.8 Å². The second-order valence-electron chi connectivity index (χ2n) is 3.80. The largest absolute Gasteiger partial charge is 0.299 e. The zero-order chi connectivity index (χ0) is 7.84. The zero-order valence-corrected chi connectivity index (χ0v) is 6.75. The van der Waals surface area contributed by atoms with E-state index in [-0.39, 0.29) is 0 Å². The van der Waals surface area contributed by atoms with Gasteiger partial charge in [-0.1, -0.05) is 6.08 Å². The summed E-state index contributed by atoms with van der Waals surface area (Å²) in [6.45, 7) is 3.69. The van der Waals surface area contributed by atoms with E-state index >= 15 is 0 Å². The van der Waals surface area contributed by atoms with Gasteiger partial charge in [-0.15, -0.1) is 6.58 Å². The van der Waals surface area contributed by atoms with Gasteiger partial charge in [0.05, 0.1) is 0 Å². The molecule has 2 saturated carbocycles. The van der Waals surface area contributed by atoms with Gasteiger partial charge in [0.15, 0.2) is 0 Å². The molecule has 0 aliphatic heterocycles. The molecule has 3 unspecified atom stereocenters. The number of allylic oxidation sites excluding steroid dienone is 1. The molecule has 2 bridgehead atoms. The molecule has 3 atom stereocenters. The van der Waals surface area contributed by atoms with Gasteiger partial charge in [0.25, 0.3) is 0 Å². The van der Waals surface area contributed by atoms with Crippen molar-refractivity contribution in [2.24, 2.45) is 17.8 Å². The van der Waals surface area contributed by atoms with E-state index in [9.17, 15) is 4.79 Å². The first-order chi connectivity index (χ1) is 5.33. The van der Waals surface area contributed by atoms with E-state index in [4.69, 9.17) is 0 Å². The highest BCUT2D eigenvalue weighted by atomic mass is 16.1. The first-order valence-electron chi connectivity index (χ1n) is 4.47. The van der Waals surface area contributed by atoms with E-state index < -0.39 is 0 Å². The second kappa shape index (κ2) is 2.47. The van der Waals surface area contributed by atoms with Crippen LogP contribution in [0.4, 0.5) is 0 Å². The van der Waals surface area contributed by atoms with Crippen LogP contribution < -0.4 is 0 Å². The molecule has 2 aliphatic carbocycles. The number of ketones is 1. The molecule has 11 heavy (non-hydrogen) atoms. The number of hydrogen-bond donors (Lipinski definition) is 0. The second-order valence-corrected chi connectivity index (χ2v) is 3.80. The Labute approximate surface area is 67.5 Å². The molecule has 0 radical (unpaired) electrons. The van der Waals surface area contributed by atoms with Gasteiger partial charge in [0.2, 0.25) is 0 Å². The quantitative estimate of drug-likeness (QED) is 0.551. The summed E-state index contributed by atoms with van der Waals surface area (Å²) in [7, 11) is 0. The number of carbonyl (C=O) groups excluding carboxylic acids is 1. The first kappa shape index (κ1) is 7.08. The normalized spacial score (nSPS) is 41.5. The summed E-state index contributed by atoms with van der Waals surface area (Å²) in [4.78, 5) is 11.5. The Morgan fingerprint density at radius 1 is 1.55 bits per heavy atom. The summed E-state index contributed by atoms with van der Waals surface area (Å²) < 4.78 is 0. The van der Waals surface area contributed by atoms with Crippen LogP contribution in [0.15, 0.2) is 12.7 Å². The fourth-order valence-electron chi connectivity index (χ4n) is 2.66. The zero-order valence-electron chi connectivity index (χ0n) is 6.75. The van der Waals surface area contributed by atoms with Gasteiger partial charge in [-0.25, -0.2) is 0 Å². The van der Waals surface area contributed by atoms with Crippen LogP contribution in [0.25, 0.3) is 0 Å². The molecule has 60 valence electrons. The van der Waals surface area contributed by atoms with Gasteiger partial charge >= 0.3 is 0 Å². The van der Waals surface area contributed by atoms with Crippen molar-refractivity contribution in [1.82, 2.24) is 0 Å². The standard InChI is InChI=1S/C10H14O/c1-2-3-9-7-4-5-8(6-7)10(9)11/h2,7-9H,1,3-6H2. The maximum absolute atomic E-state index is 11.5. The Balaban J connectivity index is 2.11. The minimum Gasteiger partial charge on any atom is -0.299 e. The molecule has 0 aromatic carbocycles. The molecular formula is C10H14O. The van der Waals surface area contributed by atoms with Crippen LogP contribution in [0.1, 0.15) is 25.7 Å². The maximum atomic E-state index is 11.5. The number of Topliss-reactive ketones (excluding diaryl/α,β-unsaturated/α-hetero) is 1. The van der Waals surface area contributed by atoms with E-state index in [0.29, 0.717) is 23.5 Å². The minimum absolute atomic E-state index is 0.353. The Kier molecular flexibility index (Phi) is 1.59. The third-order valence-corrected chi connectivity index (χ3v) is 3.23. The molecule has 2 rings (SSSR count). The van der Waals surface area contributed by atoms with Crippen LogP contribution in [0, 0.1) is 17.8 Å². The van der Waals surface area contributed by atoms with Crippen LogP contribution in [0.2, 0.25) is 0 Å². The number of hydrogen-bond acceptors (Lipinski definition) is 1. The van der Waals surface area contributed by atoms with Crippen LogP contribution in [-0.2, 0) is 4.79 Å². The lowest BCUT2D eigenvalue weighted by atomic mass is 9.85. The van der Waals surface area contributed by atoms with Crippen molar-refractivity contribution in [1.29, 1.82) is 0 Å². The monoisotopic (exact) mass is 150 g/mol. The molecule has 0 amide bonds. The lowest BCUT2D eigenvalue weighted by Crippen LogP contribution is -2.21. The predicted molar refractivity (Wildman–Crippen MR) is 44.1 cm³/mol. The van der Waals surface area contributed by atoms with Crippen LogP contribution in [-0.4, -0.2) is 5.78 Å². The summed E-state index contributed by atoms with van der Waals surface area (Å²) in [5.41, 5.74) is 0. The molecule has 0 saturated heterocycles. The lowest BCUT2D eigenvalue weighted by molar-refractivity contribution is -0.125. The van der Waals surface area contributed by atoms with Crippen molar-refractivity contribution in [2.45, 2.75) is 25.7 Å². The van der Waals surface area contributed by atoms with E-state index in [1.807, 2.05) is 6.08 Å². The summed E-state index contributed by atoms with van der Waals surface area (Å²) in [6, 6.07) is 0.